The van der Waals surface area contributed by atoms with Crippen molar-refractivity contribution in [3.63, 3.8) is 0 Å². The molecule has 1 aromatic rings. The molecular formula is C9H10N4. The molecule has 4 heteroatoms. The summed E-state index contributed by atoms with van der Waals surface area (Å²) in [5.74, 6) is 0.294. The topological polar surface area (TPSA) is 74.2 Å². The average molecular weight is 174 g/mol. The van der Waals surface area contributed by atoms with Gasteiger partial charge in [-0.05, 0) is 12.1 Å². The van der Waals surface area contributed by atoms with E-state index in [1.165, 1.54) is 0 Å². The number of benzene rings is 1. The minimum absolute atomic E-state index is 0.294. The number of guanidine groups is 1. The average Bonchev–Trinajstić information content (AvgIpc) is 2.18. The Bertz CT molecular complexity index is 362. The van der Waals surface area contributed by atoms with Gasteiger partial charge in [0.1, 0.15) is 6.07 Å². The molecule has 4 nitrogen and oxygen atoms in total. The molecule has 0 bridgehead atoms. The number of anilines is 1. The third-order valence-electron chi connectivity index (χ3n) is 1.55. The van der Waals surface area contributed by atoms with Gasteiger partial charge in [0.2, 0.25) is 0 Å². The van der Waals surface area contributed by atoms with Gasteiger partial charge in [-0.25, -0.2) is 0 Å². The third kappa shape index (κ3) is 2.20. The first kappa shape index (κ1) is 9.07. The molecule has 0 fully saturated rings. The van der Waals surface area contributed by atoms with Gasteiger partial charge in [0.25, 0.3) is 0 Å². The maximum absolute atomic E-state index is 8.73. The molecule has 0 radical (unpaired) electrons. The van der Waals surface area contributed by atoms with E-state index in [-0.39, 0.29) is 0 Å². The van der Waals surface area contributed by atoms with Gasteiger partial charge in [0.15, 0.2) is 5.96 Å². The van der Waals surface area contributed by atoms with Crippen LogP contribution >= 0.6 is 0 Å². The number of nitrogens with zero attached hydrogens (tertiary/aromatic N) is 2. The number of hydrogen-bond acceptors (Lipinski definition) is 2. The van der Waals surface area contributed by atoms with Gasteiger partial charge in [-0.15, -0.1) is 0 Å². The van der Waals surface area contributed by atoms with Crippen LogP contribution in [0.25, 0.3) is 0 Å². The highest BCUT2D eigenvalue weighted by Crippen LogP contribution is 2.12. The van der Waals surface area contributed by atoms with Crippen LogP contribution in [0.3, 0.4) is 0 Å². The van der Waals surface area contributed by atoms with Gasteiger partial charge in [-0.2, -0.15) is 5.26 Å². The SMILES string of the molecule is CN=C(N)Nc1ccccc1C#N. The molecule has 0 amide bonds. The first-order valence-electron chi connectivity index (χ1n) is 3.76. The predicted molar refractivity (Wildman–Crippen MR) is 52.3 cm³/mol. The van der Waals surface area contributed by atoms with Crippen LogP contribution in [0.4, 0.5) is 5.69 Å². The van der Waals surface area contributed by atoms with Crippen molar-refractivity contribution >= 4 is 11.6 Å². The maximum atomic E-state index is 8.73. The Morgan fingerprint density at radius 2 is 2.23 bits per heavy atom. The number of nitrogens with one attached hydrogen (secondary N) is 1. The van der Waals surface area contributed by atoms with Gasteiger partial charge in [-0.1, -0.05) is 12.1 Å². The smallest absolute Gasteiger partial charge is 0.192 e. The summed E-state index contributed by atoms with van der Waals surface area (Å²) in [5, 5.41) is 11.5. The maximum Gasteiger partial charge on any atom is 0.192 e. The molecule has 1 aromatic carbocycles. The number of nitrogens with two attached hydrogens (primary N) is 1. The van der Waals surface area contributed by atoms with Crippen LogP contribution in [0.15, 0.2) is 29.3 Å². The zero-order valence-electron chi connectivity index (χ0n) is 7.28. The van der Waals surface area contributed by atoms with Crippen molar-refractivity contribution in [3.05, 3.63) is 29.8 Å². The number of nitriles is 1. The van der Waals surface area contributed by atoms with Crippen molar-refractivity contribution in [1.29, 1.82) is 5.26 Å². The Morgan fingerprint density at radius 1 is 1.54 bits per heavy atom. The number of para-hydroxylation sites is 1. The molecule has 0 saturated heterocycles. The monoisotopic (exact) mass is 174 g/mol. The highest BCUT2D eigenvalue weighted by atomic mass is 15.1. The van der Waals surface area contributed by atoms with Gasteiger partial charge < -0.3 is 11.1 Å². The van der Waals surface area contributed by atoms with Crippen molar-refractivity contribution in [3.8, 4) is 6.07 Å². The molecule has 0 heterocycles. The molecule has 0 aliphatic carbocycles. The van der Waals surface area contributed by atoms with Crippen LogP contribution in [0.5, 0.6) is 0 Å². The standard InChI is InChI=1S/C9H10N4/c1-12-9(11)13-8-5-3-2-4-7(8)6-10/h2-5H,1H3,(H3,11,12,13). The second-order valence-electron chi connectivity index (χ2n) is 2.39. The van der Waals surface area contributed by atoms with Crippen molar-refractivity contribution < 1.29 is 0 Å². The van der Waals surface area contributed by atoms with Crippen LogP contribution in [0.2, 0.25) is 0 Å². The summed E-state index contributed by atoms with van der Waals surface area (Å²) in [7, 11) is 1.58. The number of rotatable bonds is 1. The van der Waals surface area contributed by atoms with E-state index >= 15 is 0 Å². The van der Waals surface area contributed by atoms with Gasteiger partial charge in [-0.3, -0.25) is 4.99 Å². The second-order valence-corrected chi connectivity index (χ2v) is 2.39. The van der Waals surface area contributed by atoms with Gasteiger partial charge in [0, 0.05) is 7.05 Å². The lowest BCUT2D eigenvalue weighted by atomic mass is 10.2. The quantitative estimate of drug-likeness (QED) is 0.491. The van der Waals surface area contributed by atoms with Gasteiger partial charge in [0.05, 0.1) is 11.3 Å². The van der Waals surface area contributed by atoms with Crippen LogP contribution in [-0.4, -0.2) is 13.0 Å². The molecular weight excluding hydrogens is 164 g/mol. The predicted octanol–water partition coefficient (Wildman–Crippen LogP) is 0.915. The van der Waals surface area contributed by atoms with E-state index in [9.17, 15) is 0 Å². The lowest BCUT2D eigenvalue weighted by molar-refractivity contribution is 1.37. The summed E-state index contributed by atoms with van der Waals surface area (Å²) >= 11 is 0. The van der Waals surface area contributed by atoms with Crippen molar-refractivity contribution in [2.75, 3.05) is 12.4 Å². The Hall–Kier alpha value is -2.02. The molecule has 0 atom stereocenters. The van der Waals surface area contributed by atoms with Crippen molar-refractivity contribution in [2.45, 2.75) is 0 Å². The summed E-state index contributed by atoms with van der Waals surface area (Å²) in [6.07, 6.45) is 0. The van der Waals surface area contributed by atoms with Crippen LogP contribution in [0.1, 0.15) is 5.56 Å². The summed E-state index contributed by atoms with van der Waals surface area (Å²) in [6.45, 7) is 0. The minimum Gasteiger partial charge on any atom is -0.370 e. The summed E-state index contributed by atoms with van der Waals surface area (Å²) < 4.78 is 0. The molecule has 0 saturated carbocycles. The fourth-order valence-electron chi connectivity index (χ4n) is 0.883. The molecule has 0 aliphatic rings. The van der Waals surface area contributed by atoms with E-state index in [2.05, 4.69) is 16.4 Å². The lowest BCUT2D eigenvalue weighted by Crippen LogP contribution is -2.22. The molecule has 3 N–H and O–H groups in total. The second kappa shape index (κ2) is 4.12. The fourth-order valence-corrected chi connectivity index (χ4v) is 0.883. The van der Waals surface area contributed by atoms with Crippen LogP contribution < -0.4 is 11.1 Å². The molecule has 1 rings (SSSR count). The molecule has 0 aliphatic heterocycles. The summed E-state index contributed by atoms with van der Waals surface area (Å²) in [6, 6.07) is 9.16. The molecule has 13 heavy (non-hydrogen) atoms. The van der Waals surface area contributed by atoms with E-state index < -0.39 is 0 Å². The van der Waals surface area contributed by atoms with E-state index in [1.54, 1.807) is 25.2 Å². The zero-order valence-corrected chi connectivity index (χ0v) is 7.28. The highest BCUT2D eigenvalue weighted by molar-refractivity contribution is 5.93. The van der Waals surface area contributed by atoms with Crippen molar-refractivity contribution in [1.82, 2.24) is 0 Å². The molecule has 0 unspecified atom stereocenters. The Morgan fingerprint density at radius 3 is 2.85 bits per heavy atom. The molecule has 0 spiro atoms. The normalized spacial score (nSPS) is 10.6. The van der Waals surface area contributed by atoms with Crippen LogP contribution in [-0.2, 0) is 0 Å². The third-order valence-corrected chi connectivity index (χ3v) is 1.55. The fraction of sp³-hybridized carbons (Fsp3) is 0.111. The summed E-state index contributed by atoms with van der Waals surface area (Å²) in [4.78, 5) is 3.73. The first-order valence-corrected chi connectivity index (χ1v) is 3.76. The van der Waals surface area contributed by atoms with Crippen molar-refractivity contribution in [2.24, 2.45) is 10.7 Å². The number of hydrogen-bond donors (Lipinski definition) is 2. The first-order chi connectivity index (χ1) is 6.27. The Labute approximate surface area is 76.7 Å². The Kier molecular flexibility index (Phi) is 2.87. The zero-order chi connectivity index (χ0) is 9.68. The van der Waals surface area contributed by atoms with E-state index in [0.29, 0.717) is 17.2 Å². The molecule has 66 valence electrons. The largest absolute Gasteiger partial charge is 0.370 e. The number of aliphatic imine (C=N–C) groups is 1. The van der Waals surface area contributed by atoms with E-state index in [1.807, 2.05) is 6.07 Å². The minimum atomic E-state index is 0.294. The highest BCUT2D eigenvalue weighted by Gasteiger charge is 1.99. The van der Waals surface area contributed by atoms with Crippen LogP contribution in [0, 0.1) is 11.3 Å². The Balaban J connectivity index is 2.95. The van der Waals surface area contributed by atoms with E-state index in [4.69, 9.17) is 11.0 Å². The summed E-state index contributed by atoms with van der Waals surface area (Å²) in [5.41, 5.74) is 6.68. The van der Waals surface area contributed by atoms with E-state index in [0.717, 1.165) is 0 Å². The molecule has 0 aromatic heterocycles. The van der Waals surface area contributed by atoms with Gasteiger partial charge >= 0.3 is 0 Å². The lowest BCUT2D eigenvalue weighted by Gasteiger charge is -2.05.